The minimum atomic E-state index is 0.531. The smallest absolute Gasteiger partial charge is 0.0325 e. The van der Waals surface area contributed by atoms with Crippen LogP contribution >= 0.6 is 0 Å². The van der Waals surface area contributed by atoms with E-state index in [2.05, 4.69) is 66.8 Å². The Kier molecular flexibility index (Phi) is 4.72. The van der Waals surface area contributed by atoms with Crippen molar-refractivity contribution in [3.63, 3.8) is 0 Å². The highest BCUT2D eigenvalue weighted by Crippen LogP contribution is 2.30. The van der Waals surface area contributed by atoms with Gasteiger partial charge in [0.05, 0.1) is 0 Å². The third-order valence-corrected chi connectivity index (χ3v) is 4.62. The Morgan fingerprint density at radius 3 is 2.62 bits per heavy atom. The van der Waals surface area contributed by atoms with Gasteiger partial charge in [-0.1, -0.05) is 61.5 Å². The second-order valence-electron chi connectivity index (χ2n) is 6.11. The lowest BCUT2D eigenvalue weighted by atomic mass is 9.87. The molecular weight excluding hydrogens is 254 g/mol. The second-order valence-corrected chi connectivity index (χ2v) is 6.11. The van der Waals surface area contributed by atoms with E-state index in [0.717, 1.165) is 6.42 Å². The molecule has 0 aliphatic heterocycles. The van der Waals surface area contributed by atoms with Crippen molar-refractivity contribution in [3.05, 3.63) is 71.3 Å². The SMILES string of the molecule is CCC(Cc1ccccc1)NC1CCCc2ccccc21. The van der Waals surface area contributed by atoms with Crippen molar-refractivity contribution in [2.24, 2.45) is 0 Å². The van der Waals surface area contributed by atoms with E-state index in [4.69, 9.17) is 0 Å². The highest BCUT2D eigenvalue weighted by Gasteiger charge is 2.21. The summed E-state index contributed by atoms with van der Waals surface area (Å²) in [4.78, 5) is 0. The first-order chi connectivity index (χ1) is 10.4. The van der Waals surface area contributed by atoms with Crippen molar-refractivity contribution >= 4 is 0 Å². The summed E-state index contributed by atoms with van der Waals surface area (Å²) in [5, 5.41) is 3.91. The van der Waals surface area contributed by atoms with Crippen LogP contribution in [0.5, 0.6) is 0 Å². The van der Waals surface area contributed by atoms with Crippen LogP contribution in [0.1, 0.15) is 48.9 Å². The van der Waals surface area contributed by atoms with Crippen molar-refractivity contribution in [2.75, 3.05) is 0 Å². The van der Waals surface area contributed by atoms with Crippen LogP contribution in [0.25, 0.3) is 0 Å². The zero-order valence-electron chi connectivity index (χ0n) is 12.9. The third-order valence-electron chi connectivity index (χ3n) is 4.62. The molecule has 21 heavy (non-hydrogen) atoms. The fourth-order valence-corrected chi connectivity index (χ4v) is 3.43. The lowest BCUT2D eigenvalue weighted by molar-refractivity contribution is 0.384. The first kappa shape index (κ1) is 14.3. The number of aryl methyl sites for hydroxylation is 1. The van der Waals surface area contributed by atoms with Gasteiger partial charge in [-0.25, -0.2) is 0 Å². The monoisotopic (exact) mass is 279 g/mol. The topological polar surface area (TPSA) is 12.0 Å². The van der Waals surface area contributed by atoms with Crippen LogP contribution in [0.3, 0.4) is 0 Å². The zero-order chi connectivity index (χ0) is 14.5. The number of nitrogens with one attached hydrogen (secondary N) is 1. The summed E-state index contributed by atoms with van der Waals surface area (Å²) in [6.07, 6.45) is 6.10. The van der Waals surface area contributed by atoms with Crippen molar-refractivity contribution in [1.82, 2.24) is 5.32 Å². The molecule has 0 amide bonds. The Labute approximate surface area is 128 Å². The Hall–Kier alpha value is -1.60. The molecule has 0 fully saturated rings. The maximum Gasteiger partial charge on any atom is 0.0325 e. The van der Waals surface area contributed by atoms with Gasteiger partial charge in [0.1, 0.15) is 0 Å². The Morgan fingerprint density at radius 2 is 1.81 bits per heavy atom. The Morgan fingerprint density at radius 1 is 1.05 bits per heavy atom. The number of fused-ring (bicyclic) bond motifs is 1. The van der Waals surface area contributed by atoms with Gasteiger partial charge in [-0.2, -0.15) is 0 Å². The van der Waals surface area contributed by atoms with Gasteiger partial charge in [-0.3, -0.25) is 0 Å². The minimum Gasteiger partial charge on any atom is -0.307 e. The number of hydrogen-bond donors (Lipinski definition) is 1. The van der Waals surface area contributed by atoms with E-state index in [1.54, 1.807) is 0 Å². The summed E-state index contributed by atoms with van der Waals surface area (Å²) in [7, 11) is 0. The number of hydrogen-bond acceptors (Lipinski definition) is 1. The standard InChI is InChI=1S/C20H25N/c1-2-18(15-16-9-4-3-5-10-16)21-20-14-8-12-17-11-6-7-13-19(17)20/h3-7,9-11,13,18,20-21H,2,8,12,14-15H2,1H3. The van der Waals surface area contributed by atoms with E-state index in [9.17, 15) is 0 Å². The fraction of sp³-hybridized carbons (Fsp3) is 0.400. The van der Waals surface area contributed by atoms with E-state index in [1.807, 2.05) is 0 Å². The van der Waals surface area contributed by atoms with Gasteiger partial charge < -0.3 is 5.32 Å². The molecule has 1 aliphatic rings. The number of benzene rings is 2. The summed E-state index contributed by atoms with van der Waals surface area (Å²) < 4.78 is 0. The quantitative estimate of drug-likeness (QED) is 0.838. The molecule has 0 heterocycles. The summed E-state index contributed by atoms with van der Waals surface area (Å²) in [6, 6.07) is 20.9. The lowest BCUT2D eigenvalue weighted by Crippen LogP contribution is -2.35. The van der Waals surface area contributed by atoms with Gasteiger partial charge in [0, 0.05) is 12.1 Å². The minimum absolute atomic E-state index is 0.531. The zero-order valence-corrected chi connectivity index (χ0v) is 12.9. The summed E-state index contributed by atoms with van der Waals surface area (Å²) in [5.74, 6) is 0. The van der Waals surface area contributed by atoms with E-state index in [1.165, 1.54) is 42.4 Å². The van der Waals surface area contributed by atoms with Crippen LogP contribution in [0.4, 0.5) is 0 Å². The molecule has 0 radical (unpaired) electrons. The molecule has 2 atom stereocenters. The summed E-state index contributed by atoms with van der Waals surface area (Å²) in [5.41, 5.74) is 4.49. The molecule has 1 N–H and O–H groups in total. The third kappa shape index (κ3) is 3.54. The van der Waals surface area contributed by atoms with Crippen molar-refractivity contribution in [1.29, 1.82) is 0 Å². The molecule has 0 bridgehead atoms. The van der Waals surface area contributed by atoms with E-state index >= 15 is 0 Å². The molecule has 0 spiro atoms. The van der Waals surface area contributed by atoms with Crippen molar-refractivity contribution in [2.45, 2.75) is 51.1 Å². The van der Waals surface area contributed by atoms with E-state index in [-0.39, 0.29) is 0 Å². The van der Waals surface area contributed by atoms with Crippen molar-refractivity contribution < 1.29 is 0 Å². The molecule has 3 rings (SSSR count). The van der Waals surface area contributed by atoms with E-state index < -0.39 is 0 Å². The summed E-state index contributed by atoms with van der Waals surface area (Å²) >= 11 is 0. The molecule has 1 nitrogen and oxygen atoms in total. The van der Waals surface area contributed by atoms with Crippen molar-refractivity contribution in [3.8, 4) is 0 Å². The van der Waals surface area contributed by atoms with Gasteiger partial charge in [0.2, 0.25) is 0 Å². The molecule has 110 valence electrons. The van der Waals surface area contributed by atoms with Crippen LogP contribution in [-0.4, -0.2) is 6.04 Å². The predicted octanol–water partition coefficient (Wildman–Crippen LogP) is 4.67. The molecule has 0 aromatic heterocycles. The molecule has 1 aliphatic carbocycles. The largest absolute Gasteiger partial charge is 0.307 e. The Bertz CT molecular complexity index is 561. The summed E-state index contributed by atoms with van der Waals surface area (Å²) in [6.45, 7) is 2.29. The van der Waals surface area contributed by atoms with Gasteiger partial charge in [-0.15, -0.1) is 0 Å². The predicted molar refractivity (Wildman–Crippen MR) is 89.5 cm³/mol. The van der Waals surface area contributed by atoms with Crippen LogP contribution < -0.4 is 5.32 Å². The molecule has 2 aromatic carbocycles. The average Bonchev–Trinajstić information content (AvgIpc) is 2.55. The number of rotatable bonds is 5. The normalized spacial score (nSPS) is 19.0. The average molecular weight is 279 g/mol. The first-order valence-corrected chi connectivity index (χ1v) is 8.24. The van der Waals surface area contributed by atoms with Crippen LogP contribution in [0, 0.1) is 0 Å². The van der Waals surface area contributed by atoms with Crippen LogP contribution in [-0.2, 0) is 12.8 Å². The molecule has 0 saturated heterocycles. The van der Waals surface area contributed by atoms with Gasteiger partial charge >= 0.3 is 0 Å². The molecule has 1 heteroatoms. The van der Waals surface area contributed by atoms with Crippen LogP contribution in [0.2, 0.25) is 0 Å². The highest BCUT2D eigenvalue weighted by atomic mass is 14.9. The molecule has 0 saturated carbocycles. The van der Waals surface area contributed by atoms with Gasteiger partial charge in [0.15, 0.2) is 0 Å². The van der Waals surface area contributed by atoms with Crippen LogP contribution in [0.15, 0.2) is 54.6 Å². The fourth-order valence-electron chi connectivity index (χ4n) is 3.43. The maximum absolute atomic E-state index is 3.91. The van der Waals surface area contributed by atoms with E-state index in [0.29, 0.717) is 12.1 Å². The molecule has 2 unspecified atom stereocenters. The Balaban J connectivity index is 1.70. The van der Waals surface area contributed by atoms with Gasteiger partial charge in [0.25, 0.3) is 0 Å². The van der Waals surface area contributed by atoms with Gasteiger partial charge in [-0.05, 0) is 48.8 Å². The second kappa shape index (κ2) is 6.91. The first-order valence-electron chi connectivity index (χ1n) is 8.24. The molecule has 2 aromatic rings. The lowest BCUT2D eigenvalue weighted by Gasteiger charge is -2.30. The maximum atomic E-state index is 3.91. The molecular formula is C20H25N. The highest BCUT2D eigenvalue weighted by molar-refractivity contribution is 5.32.